The number of hydrogen-bond donors (Lipinski definition) is 0. The van der Waals surface area contributed by atoms with Gasteiger partial charge in [0.05, 0.1) is 10.7 Å². The second-order valence-corrected chi connectivity index (χ2v) is 5.55. The Morgan fingerprint density at radius 1 is 1.37 bits per heavy atom. The van der Waals surface area contributed by atoms with Gasteiger partial charge in [0.1, 0.15) is 6.54 Å². The lowest BCUT2D eigenvalue weighted by Gasteiger charge is -2.29. The first kappa shape index (κ1) is 12.4. The molecule has 1 aromatic carbocycles. The van der Waals surface area contributed by atoms with Gasteiger partial charge >= 0.3 is 0 Å². The van der Waals surface area contributed by atoms with Crippen LogP contribution in [0.1, 0.15) is 12.0 Å². The van der Waals surface area contributed by atoms with Crippen LogP contribution in [0.25, 0.3) is 0 Å². The standard InChI is InChI=1S/C14H14BrN3O/c15-12-8-16-17(9-12)10-14(19)18-7-3-5-11-4-1-2-6-13(11)18/h1-2,4,6,8-9H,3,5,7,10H2. The number of carbonyl (C=O) groups is 1. The number of amides is 1. The summed E-state index contributed by atoms with van der Waals surface area (Å²) in [6, 6.07) is 8.12. The van der Waals surface area contributed by atoms with Crippen LogP contribution in [-0.4, -0.2) is 22.2 Å². The third-order valence-corrected chi connectivity index (χ3v) is 3.72. The van der Waals surface area contributed by atoms with E-state index < -0.39 is 0 Å². The van der Waals surface area contributed by atoms with Crippen LogP contribution in [0.3, 0.4) is 0 Å². The van der Waals surface area contributed by atoms with Gasteiger partial charge in [0.2, 0.25) is 5.91 Å². The highest BCUT2D eigenvalue weighted by molar-refractivity contribution is 9.10. The topological polar surface area (TPSA) is 38.1 Å². The molecule has 2 heterocycles. The van der Waals surface area contributed by atoms with Gasteiger partial charge in [0.15, 0.2) is 0 Å². The molecule has 4 nitrogen and oxygen atoms in total. The Labute approximate surface area is 120 Å². The van der Waals surface area contributed by atoms with Crippen molar-refractivity contribution in [3.05, 3.63) is 46.7 Å². The molecule has 2 aromatic rings. The fraction of sp³-hybridized carbons (Fsp3) is 0.286. The Hall–Kier alpha value is -1.62. The van der Waals surface area contributed by atoms with E-state index in [0.717, 1.165) is 29.5 Å². The third kappa shape index (κ3) is 2.56. The Morgan fingerprint density at radius 3 is 3.00 bits per heavy atom. The quantitative estimate of drug-likeness (QED) is 0.853. The minimum Gasteiger partial charge on any atom is -0.311 e. The summed E-state index contributed by atoms with van der Waals surface area (Å²) in [4.78, 5) is 14.3. The number of rotatable bonds is 2. The van der Waals surface area contributed by atoms with Crippen LogP contribution in [0.2, 0.25) is 0 Å². The smallest absolute Gasteiger partial charge is 0.248 e. The van der Waals surface area contributed by atoms with E-state index in [0.29, 0.717) is 0 Å². The number of aryl methyl sites for hydroxylation is 1. The van der Waals surface area contributed by atoms with Gasteiger partial charge in [-0.1, -0.05) is 18.2 Å². The Kier molecular flexibility index (Phi) is 3.38. The highest BCUT2D eigenvalue weighted by Crippen LogP contribution is 2.26. The molecule has 5 heteroatoms. The molecule has 0 saturated carbocycles. The fourth-order valence-electron chi connectivity index (χ4n) is 2.44. The number of aromatic nitrogens is 2. The van der Waals surface area contributed by atoms with Crippen LogP contribution < -0.4 is 4.90 Å². The summed E-state index contributed by atoms with van der Waals surface area (Å²) in [6.45, 7) is 1.07. The van der Waals surface area contributed by atoms with Crippen LogP contribution >= 0.6 is 15.9 Å². The molecular formula is C14H14BrN3O. The molecule has 98 valence electrons. The van der Waals surface area contributed by atoms with Crippen molar-refractivity contribution in [2.45, 2.75) is 19.4 Å². The lowest BCUT2D eigenvalue weighted by atomic mass is 10.0. The second-order valence-electron chi connectivity index (χ2n) is 4.63. The van der Waals surface area contributed by atoms with E-state index in [2.05, 4.69) is 27.1 Å². The first-order valence-corrected chi connectivity index (χ1v) is 7.09. The van der Waals surface area contributed by atoms with Crippen molar-refractivity contribution in [2.24, 2.45) is 0 Å². The van der Waals surface area contributed by atoms with Crippen molar-refractivity contribution in [3.8, 4) is 0 Å². The highest BCUT2D eigenvalue weighted by Gasteiger charge is 2.22. The minimum absolute atomic E-state index is 0.0859. The normalized spacial score (nSPS) is 14.3. The third-order valence-electron chi connectivity index (χ3n) is 3.31. The van der Waals surface area contributed by atoms with Crippen molar-refractivity contribution in [1.29, 1.82) is 0 Å². The Balaban J connectivity index is 1.81. The zero-order chi connectivity index (χ0) is 13.2. The highest BCUT2D eigenvalue weighted by atomic mass is 79.9. The van der Waals surface area contributed by atoms with Gasteiger partial charge in [0, 0.05) is 18.4 Å². The molecule has 0 unspecified atom stereocenters. The van der Waals surface area contributed by atoms with E-state index in [9.17, 15) is 4.79 Å². The number of anilines is 1. The van der Waals surface area contributed by atoms with E-state index in [1.165, 1.54) is 5.56 Å². The van der Waals surface area contributed by atoms with Crippen LogP contribution in [0.4, 0.5) is 5.69 Å². The molecule has 0 saturated heterocycles. The molecule has 0 atom stereocenters. The molecule has 0 N–H and O–H groups in total. The van der Waals surface area contributed by atoms with Crippen molar-refractivity contribution in [2.75, 3.05) is 11.4 Å². The minimum atomic E-state index is 0.0859. The van der Waals surface area contributed by atoms with E-state index >= 15 is 0 Å². The largest absolute Gasteiger partial charge is 0.311 e. The van der Waals surface area contributed by atoms with Gasteiger partial charge in [-0.05, 0) is 40.4 Å². The average molecular weight is 320 g/mol. The number of hydrogen-bond acceptors (Lipinski definition) is 2. The van der Waals surface area contributed by atoms with Crippen molar-refractivity contribution < 1.29 is 4.79 Å². The van der Waals surface area contributed by atoms with E-state index in [1.54, 1.807) is 10.9 Å². The number of benzene rings is 1. The van der Waals surface area contributed by atoms with Crippen LogP contribution in [0, 0.1) is 0 Å². The van der Waals surface area contributed by atoms with Gasteiger partial charge < -0.3 is 4.90 Å². The van der Waals surface area contributed by atoms with Gasteiger partial charge in [-0.2, -0.15) is 5.10 Å². The molecule has 0 spiro atoms. The SMILES string of the molecule is O=C(Cn1cc(Br)cn1)N1CCCc2ccccc21. The van der Waals surface area contributed by atoms with Gasteiger partial charge in [0.25, 0.3) is 0 Å². The zero-order valence-corrected chi connectivity index (χ0v) is 12.0. The molecule has 1 aromatic heterocycles. The first-order valence-electron chi connectivity index (χ1n) is 6.30. The van der Waals surface area contributed by atoms with Crippen molar-refractivity contribution >= 4 is 27.5 Å². The number of nitrogens with zero attached hydrogens (tertiary/aromatic N) is 3. The molecule has 0 bridgehead atoms. The summed E-state index contributed by atoms with van der Waals surface area (Å²) in [5.74, 6) is 0.0859. The molecule has 1 aliphatic heterocycles. The number of fused-ring (bicyclic) bond motifs is 1. The summed E-state index contributed by atoms with van der Waals surface area (Å²) in [7, 11) is 0. The van der Waals surface area contributed by atoms with Crippen LogP contribution in [0.15, 0.2) is 41.1 Å². The average Bonchev–Trinajstić information content (AvgIpc) is 2.83. The maximum Gasteiger partial charge on any atom is 0.248 e. The molecule has 0 aliphatic carbocycles. The maximum atomic E-state index is 12.4. The van der Waals surface area contributed by atoms with Gasteiger partial charge in [-0.15, -0.1) is 0 Å². The van der Waals surface area contributed by atoms with Gasteiger partial charge in [-0.3, -0.25) is 9.48 Å². The predicted octanol–water partition coefficient (Wildman–Crippen LogP) is 2.63. The maximum absolute atomic E-state index is 12.4. The van der Waals surface area contributed by atoms with E-state index in [4.69, 9.17) is 0 Å². The number of carbonyl (C=O) groups excluding carboxylic acids is 1. The first-order chi connectivity index (χ1) is 9.24. The number of halogens is 1. The van der Waals surface area contributed by atoms with Crippen LogP contribution in [-0.2, 0) is 17.8 Å². The van der Waals surface area contributed by atoms with Crippen LogP contribution in [0.5, 0.6) is 0 Å². The van der Waals surface area contributed by atoms with E-state index in [1.807, 2.05) is 29.3 Å². The lowest BCUT2D eigenvalue weighted by Crippen LogP contribution is -2.37. The molecule has 19 heavy (non-hydrogen) atoms. The summed E-state index contributed by atoms with van der Waals surface area (Å²) in [5, 5.41) is 4.13. The summed E-state index contributed by atoms with van der Waals surface area (Å²) < 4.78 is 2.54. The zero-order valence-electron chi connectivity index (χ0n) is 10.4. The monoisotopic (exact) mass is 319 g/mol. The number of para-hydroxylation sites is 1. The fourth-order valence-corrected chi connectivity index (χ4v) is 2.77. The van der Waals surface area contributed by atoms with E-state index in [-0.39, 0.29) is 12.5 Å². The lowest BCUT2D eigenvalue weighted by molar-refractivity contribution is -0.119. The molecular weight excluding hydrogens is 306 g/mol. The summed E-state index contributed by atoms with van der Waals surface area (Å²) in [5.41, 5.74) is 2.30. The molecule has 1 aliphatic rings. The molecule has 1 amide bonds. The summed E-state index contributed by atoms with van der Waals surface area (Å²) >= 11 is 3.34. The molecule has 0 fully saturated rings. The Bertz CT molecular complexity index is 608. The van der Waals surface area contributed by atoms with Crippen molar-refractivity contribution in [1.82, 2.24) is 9.78 Å². The van der Waals surface area contributed by atoms with Gasteiger partial charge in [-0.25, -0.2) is 0 Å². The Morgan fingerprint density at radius 2 is 2.21 bits per heavy atom. The predicted molar refractivity (Wildman–Crippen MR) is 77.0 cm³/mol. The summed E-state index contributed by atoms with van der Waals surface area (Å²) in [6.07, 6.45) is 5.57. The second kappa shape index (κ2) is 5.17. The van der Waals surface area contributed by atoms with Crippen molar-refractivity contribution in [3.63, 3.8) is 0 Å². The molecule has 0 radical (unpaired) electrons. The molecule has 3 rings (SSSR count).